The van der Waals surface area contributed by atoms with Gasteiger partial charge >= 0.3 is 0 Å². The van der Waals surface area contributed by atoms with Gasteiger partial charge in [-0.05, 0) is 30.5 Å². The standard InChI is InChI=1S/C19H23N3O2/c1-14-4-6-15(7-5-14)11-17(16-3-2-8-20-12-16)22-19(23)18-13-21-9-10-24-18/h2-8,12,17-18,21H,9-11,13H2,1H3,(H,22,23)/t17-,18-/m1/s1. The Hall–Kier alpha value is -2.24. The van der Waals surface area contributed by atoms with Crippen molar-refractivity contribution < 1.29 is 9.53 Å². The largest absolute Gasteiger partial charge is 0.366 e. The first-order chi connectivity index (χ1) is 11.7. The van der Waals surface area contributed by atoms with Crippen LogP contribution in [0.4, 0.5) is 0 Å². The number of aromatic nitrogens is 1. The van der Waals surface area contributed by atoms with Crippen LogP contribution in [0.3, 0.4) is 0 Å². The predicted octanol–water partition coefficient (Wildman–Crippen LogP) is 1.78. The summed E-state index contributed by atoms with van der Waals surface area (Å²) in [5.41, 5.74) is 3.40. The van der Waals surface area contributed by atoms with Crippen LogP contribution in [0.2, 0.25) is 0 Å². The average molecular weight is 325 g/mol. The maximum Gasteiger partial charge on any atom is 0.250 e. The Labute approximate surface area is 142 Å². The summed E-state index contributed by atoms with van der Waals surface area (Å²) >= 11 is 0. The van der Waals surface area contributed by atoms with Crippen LogP contribution >= 0.6 is 0 Å². The Morgan fingerprint density at radius 1 is 1.38 bits per heavy atom. The third kappa shape index (κ3) is 4.40. The summed E-state index contributed by atoms with van der Waals surface area (Å²) in [6.07, 6.45) is 3.83. The number of morpholine rings is 1. The van der Waals surface area contributed by atoms with Crippen molar-refractivity contribution in [3.05, 3.63) is 65.5 Å². The maximum absolute atomic E-state index is 12.5. The second kappa shape index (κ2) is 8.04. The molecule has 5 heteroatoms. The molecule has 1 aliphatic heterocycles. The van der Waals surface area contributed by atoms with Crippen LogP contribution in [0.5, 0.6) is 0 Å². The van der Waals surface area contributed by atoms with Gasteiger partial charge in [-0.2, -0.15) is 0 Å². The fourth-order valence-electron chi connectivity index (χ4n) is 2.79. The lowest BCUT2D eigenvalue weighted by Gasteiger charge is -2.26. The molecule has 0 spiro atoms. The maximum atomic E-state index is 12.5. The molecule has 126 valence electrons. The first-order valence-corrected chi connectivity index (χ1v) is 8.30. The molecule has 0 saturated carbocycles. The van der Waals surface area contributed by atoms with E-state index in [0.29, 0.717) is 13.2 Å². The van der Waals surface area contributed by atoms with Crippen LogP contribution in [0.25, 0.3) is 0 Å². The van der Waals surface area contributed by atoms with Crippen molar-refractivity contribution in [3.63, 3.8) is 0 Å². The molecule has 1 saturated heterocycles. The number of rotatable bonds is 5. The molecule has 1 aliphatic rings. The van der Waals surface area contributed by atoms with Gasteiger partial charge in [-0.3, -0.25) is 9.78 Å². The van der Waals surface area contributed by atoms with Crippen LogP contribution < -0.4 is 10.6 Å². The van der Waals surface area contributed by atoms with E-state index >= 15 is 0 Å². The zero-order valence-corrected chi connectivity index (χ0v) is 13.9. The molecule has 24 heavy (non-hydrogen) atoms. The molecular weight excluding hydrogens is 302 g/mol. The second-order valence-electron chi connectivity index (χ2n) is 6.10. The summed E-state index contributed by atoms with van der Waals surface area (Å²) in [6.45, 7) is 3.97. The van der Waals surface area contributed by atoms with Crippen molar-refractivity contribution in [1.29, 1.82) is 0 Å². The third-order valence-electron chi connectivity index (χ3n) is 4.18. The molecule has 0 radical (unpaired) electrons. The first kappa shape index (κ1) is 16.6. The van der Waals surface area contributed by atoms with E-state index in [1.165, 1.54) is 11.1 Å². The van der Waals surface area contributed by atoms with Crippen molar-refractivity contribution in [1.82, 2.24) is 15.6 Å². The predicted molar refractivity (Wildman–Crippen MR) is 92.6 cm³/mol. The highest BCUT2D eigenvalue weighted by molar-refractivity contribution is 5.81. The average Bonchev–Trinajstić information content (AvgIpc) is 2.64. The minimum absolute atomic E-state index is 0.0804. The lowest BCUT2D eigenvalue weighted by atomic mass is 9.99. The summed E-state index contributed by atoms with van der Waals surface area (Å²) in [5, 5.41) is 6.31. The fraction of sp³-hybridized carbons (Fsp3) is 0.368. The minimum atomic E-state index is -0.434. The highest BCUT2D eigenvalue weighted by atomic mass is 16.5. The zero-order chi connectivity index (χ0) is 16.8. The number of amides is 1. The number of pyridine rings is 1. The van der Waals surface area contributed by atoms with Crippen molar-refractivity contribution in [3.8, 4) is 0 Å². The van der Waals surface area contributed by atoms with Crippen LogP contribution in [0.15, 0.2) is 48.8 Å². The molecule has 2 atom stereocenters. The van der Waals surface area contributed by atoms with Gasteiger partial charge in [0.2, 0.25) is 0 Å². The molecular formula is C19H23N3O2. The molecule has 1 amide bonds. The summed E-state index contributed by atoms with van der Waals surface area (Å²) in [6, 6.07) is 12.1. The van der Waals surface area contributed by atoms with Gasteiger partial charge in [0.25, 0.3) is 5.91 Å². The Kier molecular flexibility index (Phi) is 5.56. The van der Waals surface area contributed by atoms with Crippen LogP contribution in [-0.4, -0.2) is 36.7 Å². The quantitative estimate of drug-likeness (QED) is 0.880. The topological polar surface area (TPSA) is 63.2 Å². The van der Waals surface area contributed by atoms with E-state index in [0.717, 1.165) is 18.5 Å². The number of benzene rings is 1. The second-order valence-corrected chi connectivity index (χ2v) is 6.10. The van der Waals surface area contributed by atoms with E-state index in [9.17, 15) is 4.79 Å². The zero-order valence-electron chi connectivity index (χ0n) is 13.9. The number of ether oxygens (including phenoxy) is 1. The van der Waals surface area contributed by atoms with Gasteiger partial charge in [-0.15, -0.1) is 0 Å². The van der Waals surface area contributed by atoms with Crippen LogP contribution in [-0.2, 0) is 16.0 Å². The van der Waals surface area contributed by atoms with Crippen LogP contribution in [0, 0.1) is 6.92 Å². The monoisotopic (exact) mass is 325 g/mol. The van der Waals surface area contributed by atoms with Crippen molar-refractivity contribution in [2.45, 2.75) is 25.5 Å². The van der Waals surface area contributed by atoms with E-state index in [-0.39, 0.29) is 11.9 Å². The van der Waals surface area contributed by atoms with E-state index in [1.807, 2.05) is 12.1 Å². The van der Waals surface area contributed by atoms with Gasteiger partial charge < -0.3 is 15.4 Å². The summed E-state index contributed by atoms with van der Waals surface area (Å²) in [5.74, 6) is -0.0804. The molecule has 1 fully saturated rings. The summed E-state index contributed by atoms with van der Waals surface area (Å²) in [4.78, 5) is 16.7. The molecule has 2 aromatic rings. The molecule has 2 heterocycles. The number of hydrogen-bond acceptors (Lipinski definition) is 4. The molecule has 3 rings (SSSR count). The number of nitrogens with zero attached hydrogens (tertiary/aromatic N) is 1. The first-order valence-electron chi connectivity index (χ1n) is 8.30. The number of aryl methyl sites for hydroxylation is 1. The lowest BCUT2D eigenvalue weighted by molar-refractivity contribution is -0.135. The Balaban J connectivity index is 1.74. The molecule has 1 aromatic carbocycles. The normalized spacial score (nSPS) is 18.8. The molecule has 2 N–H and O–H groups in total. The molecule has 0 bridgehead atoms. The summed E-state index contributed by atoms with van der Waals surface area (Å²) < 4.78 is 5.55. The lowest BCUT2D eigenvalue weighted by Crippen LogP contribution is -2.48. The Morgan fingerprint density at radius 2 is 2.21 bits per heavy atom. The fourth-order valence-corrected chi connectivity index (χ4v) is 2.79. The van der Waals surface area contributed by atoms with Gasteiger partial charge in [0, 0.05) is 25.5 Å². The number of carbonyl (C=O) groups is 1. The SMILES string of the molecule is Cc1ccc(C[C@@H](NC(=O)[C@H]2CNCCO2)c2cccnc2)cc1. The molecule has 0 aliphatic carbocycles. The van der Waals surface area contributed by atoms with E-state index in [4.69, 9.17) is 4.74 Å². The van der Waals surface area contributed by atoms with Crippen molar-refractivity contribution in [2.75, 3.05) is 19.7 Å². The molecule has 1 aromatic heterocycles. The number of carbonyl (C=O) groups excluding carboxylic acids is 1. The van der Waals surface area contributed by atoms with E-state index < -0.39 is 6.10 Å². The third-order valence-corrected chi connectivity index (χ3v) is 4.18. The van der Waals surface area contributed by atoms with Gasteiger partial charge in [0.1, 0.15) is 6.10 Å². The van der Waals surface area contributed by atoms with Crippen molar-refractivity contribution >= 4 is 5.91 Å². The Bertz CT molecular complexity index is 652. The number of hydrogen-bond donors (Lipinski definition) is 2. The van der Waals surface area contributed by atoms with E-state index in [1.54, 1.807) is 12.4 Å². The summed E-state index contributed by atoms with van der Waals surface area (Å²) in [7, 11) is 0. The smallest absolute Gasteiger partial charge is 0.250 e. The van der Waals surface area contributed by atoms with Gasteiger partial charge in [-0.25, -0.2) is 0 Å². The van der Waals surface area contributed by atoms with Gasteiger partial charge in [-0.1, -0.05) is 35.9 Å². The van der Waals surface area contributed by atoms with Crippen LogP contribution in [0.1, 0.15) is 22.7 Å². The molecule has 5 nitrogen and oxygen atoms in total. The van der Waals surface area contributed by atoms with Gasteiger partial charge in [0.05, 0.1) is 12.6 Å². The minimum Gasteiger partial charge on any atom is -0.366 e. The van der Waals surface area contributed by atoms with E-state index in [2.05, 4.69) is 46.8 Å². The highest BCUT2D eigenvalue weighted by Crippen LogP contribution is 2.18. The van der Waals surface area contributed by atoms with Gasteiger partial charge in [0.15, 0.2) is 0 Å². The van der Waals surface area contributed by atoms with Crippen molar-refractivity contribution in [2.24, 2.45) is 0 Å². The Morgan fingerprint density at radius 3 is 2.88 bits per heavy atom. The highest BCUT2D eigenvalue weighted by Gasteiger charge is 2.25. The number of nitrogens with one attached hydrogen (secondary N) is 2. The molecule has 0 unspecified atom stereocenters.